The van der Waals surface area contributed by atoms with Gasteiger partial charge in [-0.05, 0) is 35.6 Å². The predicted molar refractivity (Wildman–Crippen MR) is 137 cm³/mol. The molecule has 0 saturated carbocycles. The van der Waals surface area contributed by atoms with Gasteiger partial charge in [-0.15, -0.1) is 0 Å². The summed E-state index contributed by atoms with van der Waals surface area (Å²) < 4.78 is 36.0. The Bertz CT molecular complexity index is 1310. The Morgan fingerprint density at radius 3 is 2.50 bits per heavy atom. The van der Waals surface area contributed by atoms with Gasteiger partial charge in [-0.2, -0.15) is 5.26 Å². The predicted octanol–water partition coefficient (Wildman–Crippen LogP) is 5.50. The highest BCUT2D eigenvalue weighted by Crippen LogP contribution is 2.53. The fourth-order valence-corrected chi connectivity index (χ4v) is 5.92. The zero-order chi connectivity index (χ0) is 28.0. The van der Waals surface area contributed by atoms with Crippen molar-refractivity contribution in [2.24, 2.45) is 5.41 Å². The summed E-state index contributed by atoms with van der Waals surface area (Å²) in [6.07, 6.45) is -1.80. The third kappa shape index (κ3) is 5.05. The number of hydrogen-bond donors (Lipinski definition) is 2. The molecule has 2 aliphatic rings. The number of carboxylic acid groups (broad SMARTS) is 1. The molecule has 0 spiro atoms. The van der Waals surface area contributed by atoms with Crippen LogP contribution in [0.4, 0.5) is 13.6 Å². The first-order valence-corrected chi connectivity index (χ1v) is 12.8. The molecule has 2 aromatic rings. The smallest absolute Gasteiger partial charge is 0.450 e. The summed E-state index contributed by atoms with van der Waals surface area (Å²) in [4.78, 5) is 26.1. The topological polar surface area (TPSA) is 103 Å². The molecule has 38 heavy (non-hydrogen) atoms. The molecule has 1 amide bonds. The number of nitrogens with zero attached hydrogens (tertiary/aromatic N) is 2. The molecule has 7 nitrogen and oxygen atoms in total. The SMILES string of the molecule is CC(C)(C)C[C@@H]1N[C@@H](C(=O)N2CC(OC(=O)O)C2)[C@H](c2cccc(Cl)c2F)[C@@]1(C#N)c1ccc(Cl)cc1F. The van der Waals surface area contributed by atoms with Crippen molar-refractivity contribution >= 4 is 35.3 Å². The number of hydrogen-bond acceptors (Lipinski definition) is 5. The van der Waals surface area contributed by atoms with Crippen molar-refractivity contribution in [2.75, 3.05) is 13.1 Å². The molecule has 0 bridgehead atoms. The van der Waals surface area contributed by atoms with E-state index in [0.29, 0.717) is 6.42 Å². The van der Waals surface area contributed by atoms with Crippen LogP contribution < -0.4 is 5.32 Å². The highest BCUT2D eigenvalue weighted by Gasteiger charge is 2.62. The molecule has 2 heterocycles. The Morgan fingerprint density at radius 2 is 1.92 bits per heavy atom. The molecule has 202 valence electrons. The summed E-state index contributed by atoms with van der Waals surface area (Å²) in [7, 11) is 0. The van der Waals surface area contributed by atoms with Gasteiger partial charge in [-0.3, -0.25) is 4.79 Å². The van der Waals surface area contributed by atoms with Crippen LogP contribution in [-0.2, 0) is 14.9 Å². The zero-order valence-electron chi connectivity index (χ0n) is 21.0. The third-order valence-electron chi connectivity index (χ3n) is 7.14. The van der Waals surface area contributed by atoms with Crippen molar-refractivity contribution in [1.29, 1.82) is 5.26 Å². The summed E-state index contributed by atoms with van der Waals surface area (Å²) >= 11 is 12.1. The molecule has 0 aromatic heterocycles. The molecule has 2 fully saturated rings. The lowest BCUT2D eigenvalue weighted by atomic mass is 9.62. The average molecular weight is 566 g/mol. The second kappa shape index (κ2) is 10.3. The fourth-order valence-electron chi connectivity index (χ4n) is 5.58. The van der Waals surface area contributed by atoms with Crippen LogP contribution in [0.1, 0.15) is 44.2 Å². The van der Waals surface area contributed by atoms with Crippen LogP contribution in [0.5, 0.6) is 0 Å². The zero-order valence-corrected chi connectivity index (χ0v) is 22.5. The minimum atomic E-state index is -1.73. The van der Waals surface area contributed by atoms with Crippen LogP contribution in [0.25, 0.3) is 0 Å². The Morgan fingerprint density at radius 1 is 1.24 bits per heavy atom. The second-order valence-electron chi connectivity index (χ2n) is 10.9. The maximum Gasteiger partial charge on any atom is 0.506 e. The maximum absolute atomic E-state index is 15.6. The molecule has 0 radical (unpaired) electrons. The number of rotatable bonds is 5. The van der Waals surface area contributed by atoms with Crippen LogP contribution in [0, 0.1) is 28.4 Å². The first-order valence-electron chi connectivity index (χ1n) is 12.0. The lowest BCUT2D eigenvalue weighted by molar-refractivity contribution is -0.144. The van der Waals surface area contributed by atoms with Crippen molar-refractivity contribution in [3.05, 3.63) is 69.2 Å². The summed E-state index contributed by atoms with van der Waals surface area (Å²) in [5, 5.41) is 22.9. The van der Waals surface area contributed by atoms with Gasteiger partial charge < -0.3 is 20.1 Å². The van der Waals surface area contributed by atoms with Gasteiger partial charge in [0.25, 0.3) is 0 Å². The van der Waals surface area contributed by atoms with Crippen molar-refractivity contribution in [2.45, 2.75) is 56.7 Å². The van der Waals surface area contributed by atoms with Gasteiger partial charge in [0.05, 0.1) is 30.2 Å². The molecule has 0 aliphatic carbocycles. The van der Waals surface area contributed by atoms with E-state index in [2.05, 4.69) is 11.4 Å². The molecular weight excluding hydrogens is 539 g/mol. The summed E-state index contributed by atoms with van der Waals surface area (Å²) in [6, 6.07) is 8.64. The number of carbonyl (C=O) groups is 2. The normalized spacial score (nSPS) is 25.5. The van der Waals surface area contributed by atoms with Crippen molar-refractivity contribution in [3.8, 4) is 6.07 Å². The minimum Gasteiger partial charge on any atom is -0.450 e. The number of amides is 1. The number of carbonyl (C=O) groups excluding carboxylic acids is 1. The van der Waals surface area contributed by atoms with Crippen LogP contribution >= 0.6 is 23.2 Å². The Balaban J connectivity index is 1.90. The van der Waals surface area contributed by atoms with Gasteiger partial charge in [-0.25, -0.2) is 13.6 Å². The van der Waals surface area contributed by atoms with Crippen molar-refractivity contribution in [1.82, 2.24) is 10.2 Å². The molecule has 0 unspecified atom stereocenters. The highest BCUT2D eigenvalue weighted by molar-refractivity contribution is 6.31. The second-order valence-corrected chi connectivity index (χ2v) is 11.8. The molecule has 2 aromatic carbocycles. The van der Waals surface area contributed by atoms with Gasteiger partial charge in [0.15, 0.2) is 0 Å². The van der Waals surface area contributed by atoms with E-state index in [4.69, 9.17) is 33.0 Å². The van der Waals surface area contributed by atoms with Crippen LogP contribution in [-0.4, -0.2) is 53.3 Å². The average Bonchev–Trinajstić information content (AvgIpc) is 3.10. The first kappa shape index (κ1) is 28.1. The van der Waals surface area contributed by atoms with E-state index < -0.39 is 53.2 Å². The monoisotopic (exact) mass is 565 g/mol. The molecule has 4 atom stereocenters. The Kier molecular flexibility index (Phi) is 7.63. The first-order chi connectivity index (χ1) is 17.8. The van der Waals surface area contributed by atoms with Crippen molar-refractivity contribution < 1.29 is 28.2 Å². The van der Waals surface area contributed by atoms with E-state index in [1.165, 1.54) is 35.2 Å². The van der Waals surface area contributed by atoms with E-state index in [-0.39, 0.29) is 39.7 Å². The number of nitrogens with one attached hydrogen (secondary N) is 1. The molecular formula is C27H27Cl2F2N3O4. The molecule has 11 heteroatoms. The van der Waals surface area contributed by atoms with E-state index in [9.17, 15) is 14.9 Å². The van der Waals surface area contributed by atoms with Crippen LogP contribution in [0.3, 0.4) is 0 Å². The Hall–Kier alpha value is -2.93. The highest BCUT2D eigenvalue weighted by atomic mass is 35.5. The fraction of sp³-hybridized carbons (Fsp3) is 0.444. The molecule has 2 aliphatic heterocycles. The minimum absolute atomic E-state index is 0.00508. The number of nitriles is 1. The largest absolute Gasteiger partial charge is 0.506 e. The molecule has 2 saturated heterocycles. The van der Waals surface area contributed by atoms with E-state index in [1.807, 2.05) is 20.8 Å². The third-order valence-corrected chi connectivity index (χ3v) is 7.67. The van der Waals surface area contributed by atoms with Gasteiger partial charge >= 0.3 is 6.16 Å². The standard InChI is InChI=1S/C27H27Cl2F2N3O4/c1-26(2,3)10-20-27(13-32,17-8-7-14(28)9-19(17)30)21(16-5-4-6-18(29)22(16)31)23(33-20)24(35)34-11-15(12-34)38-25(36)37/h4-9,15,20-21,23,33H,10-12H2,1-3H3,(H,36,37)/t20-,21-,23+,27-/m0/s1. The van der Waals surface area contributed by atoms with E-state index >= 15 is 8.78 Å². The number of benzene rings is 2. The quantitative estimate of drug-likeness (QED) is 0.464. The van der Waals surface area contributed by atoms with Crippen LogP contribution in [0.2, 0.25) is 10.0 Å². The summed E-state index contributed by atoms with van der Waals surface area (Å²) in [6.45, 7) is 5.85. The molecule has 2 N–H and O–H groups in total. The Labute approximate surface area is 229 Å². The van der Waals surface area contributed by atoms with Crippen molar-refractivity contribution in [3.63, 3.8) is 0 Å². The maximum atomic E-state index is 15.6. The lowest BCUT2D eigenvalue weighted by Gasteiger charge is -2.41. The van der Waals surface area contributed by atoms with E-state index in [1.54, 1.807) is 0 Å². The van der Waals surface area contributed by atoms with Gasteiger partial charge in [-0.1, -0.05) is 62.2 Å². The van der Waals surface area contributed by atoms with Gasteiger partial charge in [0.2, 0.25) is 5.91 Å². The lowest BCUT2D eigenvalue weighted by Crippen LogP contribution is -2.60. The summed E-state index contributed by atoms with van der Waals surface area (Å²) in [5.74, 6) is -3.22. The summed E-state index contributed by atoms with van der Waals surface area (Å²) in [5.41, 5.74) is -2.11. The number of halogens is 4. The number of likely N-dealkylation sites (tertiary alicyclic amines) is 1. The molecule has 4 rings (SSSR count). The van der Waals surface area contributed by atoms with Gasteiger partial charge in [0, 0.05) is 22.5 Å². The van der Waals surface area contributed by atoms with Crippen LogP contribution in [0.15, 0.2) is 36.4 Å². The van der Waals surface area contributed by atoms with Gasteiger partial charge in [0.1, 0.15) is 23.2 Å². The number of ether oxygens (including phenoxy) is 1. The van der Waals surface area contributed by atoms with E-state index in [0.717, 1.165) is 6.07 Å².